The van der Waals surface area contributed by atoms with E-state index in [1.165, 1.54) is 4.90 Å². The van der Waals surface area contributed by atoms with Crippen LogP contribution in [0.4, 0.5) is 5.69 Å². The van der Waals surface area contributed by atoms with E-state index in [1.807, 2.05) is 39.0 Å². The zero-order valence-electron chi connectivity index (χ0n) is 22.1. The first-order valence-electron chi connectivity index (χ1n) is 13.0. The summed E-state index contributed by atoms with van der Waals surface area (Å²) in [6.07, 6.45) is 6.26. The number of ether oxygens (including phenoxy) is 1. The van der Waals surface area contributed by atoms with Crippen LogP contribution in [-0.2, 0) is 19.1 Å². The largest absolute Gasteiger partial charge is 0.465 e. The second-order valence-corrected chi connectivity index (χ2v) is 12.5. The lowest BCUT2D eigenvalue weighted by molar-refractivity contribution is -0.155. The molecule has 4 rings (SSSR count). The van der Waals surface area contributed by atoms with Gasteiger partial charge in [0.05, 0.1) is 29.8 Å². The van der Waals surface area contributed by atoms with E-state index in [1.54, 1.807) is 28.8 Å². The molecule has 3 saturated heterocycles. The van der Waals surface area contributed by atoms with Gasteiger partial charge in [-0.1, -0.05) is 24.3 Å². The van der Waals surface area contributed by atoms with Crippen LogP contribution in [0.25, 0.3) is 0 Å². The minimum Gasteiger partial charge on any atom is -0.465 e. The molecule has 7 nitrogen and oxygen atoms in total. The summed E-state index contributed by atoms with van der Waals surface area (Å²) in [6, 6.07) is 5.17. The van der Waals surface area contributed by atoms with Gasteiger partial charge in [0.2, 0.25) is 5.91 Å². The Morgan fingerprint density at radius 1 is 1.27 bits per heavy atom. The molecule has 1 spiro atoms. The number of carbonyl (C=O) groups excluding carboxylic acids is 3. The monoisotopic (exact) mass is 526 g/mol. The number of likely N-dealkylation sites (tertiary alicyclic amines) is 1. The van der Waals surface area contributed by atoms with Crippen LogP contribution in [0.5, 0.6) is 0 Å². The van der Waals surface area contributed by atoms with Crippen molar-refractivity contribution in [2.45, 2.75) is 62.0 Å². The van der Waals surface area contributed by atoms with E-state index in [0.29, 0.717) is 12.8 Å². The molecule has 1 N–H and O–H groups in total. The lowest BCUT2D eigenvalue weighted by Gasteiger charge is -2.37. The van der Waals surface area contributed by atoms with E-state index in [-0.39, 0.29) is 44.1 Å². The fourth-order valence-corrected chi connectivity index (χ4v) is 8.83. The van der Waals surface area contributed by atoms with Gasteiger partial charge < -0.3 is 19.6 Å². The van der Waals surface area contributed by atoms with E-state index >= 15 is 0 Å². The number of hydrogen-bond acceptors (Lipinski definition) is 6. The van der Waals surface area contributed by atoms with Gasteiger partial charge in [-0.15, -0.1) is 24.9 Å². The number of esters is 1. The molecule has 1 aromatic carbocycles. The van der Waals surface area contributed by atoms with Gasteiger partial charge in [0.15, 0.2) is 0 Å². The van der Waals surface area contributed by atoms with Crippen molar-refractivity contribution in [3.05, 3.63) is 54.6 Å². The van der Waals surface area contributed by atoms with Crippen LogP contribution >= 0.6 is 11.8 Å². The van der Waals surface area contributed by atoms with E-state index in [9.17, 15) is 19.5 Å². The zero-order chi connectivity index (χ0) is 27.0. The van der Waals surface area contributed by atoms with Crippen LogP contribution in [0.1, 0.15) is 43.7 Å². The van der Waals surface area contributed by atoms with Crippen LogP contribution in [0, 0.1) is 25.7 Å². The Bertz CT molecular complexity index is 1110. The molecule has 2 bridgehead atoms. The second kappa shape index (κ2) is 10.7. The second-order valence-electron chi connectivity index (χ2n) is 10.6. The third kappa shape index (κ3) is 4.52. The van der Waals surface area contributed by atoms with Gasteiger partial charge in [-0.05, 0) is 63.6 Å². The van der Waals surface area contributed by atoms with Crippen molar-refractivity contribution in [2.75, 3.05) is 31.2 Å². The highest BCUT2D eigenvalue weighted by Crippen LogP contribution is 2.71. The van der Waals surface area contributed by atoms with Gasteiger partial charge in [-0.3, -0.25) is 14.4 Å². The standard InChI is InChI=1S/C29H38N2O5S/c1-6-8-9-17-36-27(35)23-22-25(33)31(15-16-32)24(29(22)13-12-28(23,5)37-29)26(34)30(14-7-2)21-18-19(3)10-11-20(21)4/h6-7,10-11,18,22-24,32H,1-2,8-9,12-17H2,3-5H3/t22-,23-,24?,28+,29?/m0/s1. The molecule has 0 aliphatic carbocycles. The summed E-state index contributed by atoms with van der Waals surface area (Å²) in [5.41, 5.74) is 2.75. The number of thioether (sulfide) groups is 1. The Balaban J connectivity index is 1.74. The molecule has 1 aromatic rings. The van der Waals surface area contributed by atoms with Crippen molar-refractivity contribution in [1.29, 1.82) is 0 Å². The number of aliphatic hydroxyl groups is 1. The molecule has 0 saturated carbocycles. The number of amides is 2. The number of nitrogens with zero attached hydrogens (tertiary/aromatic N) is 2. The summed E-state index contributed by atoms with van der Waals surface area (Å²) in [4.78, 5) is 45.0. The topological polar surface area (TPSA) is 87.1 Å². The molecule has 0 aromatic heterocycles. The minimum atomic E-state index is -0.789. The van der Waals surface area contributed by atoms with Crippen LogP contribution < -0.4 is 4.90 Å². The number of fused-ring (bicyclic) bond motifs is 1. The normalized spacial score (nSPS) is 29.8. The molecule has 0 radical (unpaired) electrons. The fraction of sp³-hybridized carbons (Fsp3) is 0.552. The van der Waals surface area contributed by atoms with Crippen LogP contribution in [0.15, 0.2) is 43.5 Å². The van der Waals surface area contributed by atoms with E-state index in [0.717, 1.165) is 29.7 Å². The quantitative estimate of drug-likeness (QED) is 0.268. The predicted octanol–water partition coefficient (Wildman–Crippen LogP) is 3.81. The van der Waals surface area contributed by atoms with Crippen LogP contribution in [0.2, 0.25) is 0 Å². The summed E-state index contributed by atoms with van der Waals surface area (Å²) in [7, 11) is 0. The van der Waals surface area contributed by atoms with Crippen LogP contribution in [-0.4, -0.2) is 69.6 Å². The van der Waals surface area contributed by atoms with Crippen molar-refractivity contribution < 1.29 is 24.2 Å². The number of anilines is 1. The lowest BCUT2D eigenvalue weighted by atomic mass is 9.66. The summed E-state index contributed by atoms with van der Waals surface area (Å²) in [5.74, 6) is -2.10. The Kier molecular flexibility index (Phi) is 7.91. The number of rotatable bonds is 11. The number of unbranched alkanes of at least 4 members (excludes halogenated alkanes) is 1. The van der Waals surface area contributed by atoms with Gasteiger partial charge in [0.25, 0.3) is 5.91 Å². The van der Waals surface area contributed by atoms with Gasteiger partial charge in [-0.2, -0.15) is 0 Å². The number of hydrogen-bond donors (Lipinski definition) is 1. The Labute approximate surface area is 223 Å². The number of carbonyl (C=O) groups is 3. The van der Waals surface area contributed by atoms with Crippen molar-refractivity contribution in [1.82, 2.24) is 4.90 Å². The maximum absolute atomic E-state index is 14.4. The van der Waals surface area contributed by atoms with Crippen LogP contribution in [0.3, 0.4) is 0 Å². The highest BCUT2D eigenvalue weighted by atomic mass is 32.2. The van der Waals surface area contributed by atoms with Crippen molar-refractivity contribution in [2.24, 2.45) is 11.8 Å². The number of benzene rings is 1. The van der Waals surface area contributed by atoms with Gasteiger partial charge >= 0.3 is 5.97 Å². The maximum atomic E-state index is 14.4. The fourth-order valence-electron chi connectivity index (χ4n) is 6.50. The smallest absolute Gasteiger partial charge is 0.311 e. The first kappa shape index (κ1) is 27.5. The number of β-amino-alcohol motifs (C(OH)–C–C–N with tert-alkyl or cyclic N) is 1. The lowest BCUT2D eigenvalue weighted by Crippen LogP contribution is -2.55. The van der Waals surface area contributed by atoms with Gasteiger partial charge in [0, 0.05) is 23.5 Å². The summed E-state index contributed by atoms with van der Waals surface area (Å²) < 4.78 is 4.41. The summed E-state index contributed by atoms with van der Waals surface area (Å²) in [6.45, 7) is 13.9. The Morgan fingerprint density at radius 2 is 2.03 bits per heavy atom. The molecule has 200 valence electrons. The highest BCUT2D eigenvalue weighted by molar-refractivity contribution is 8.02. The first-order valence-corrected chi connectivity index (χ1v) is 13.9. The number of aliphatic hydroxyl groups excluding tert-OH is 1. The molecular weight excluding hydrogens is 488 g/mol. The van der Waals surface area contributed by atoms with Crippen molar-refractivity contribution in [3.8, 4) is 0 Å². The Hall–Kier alpha value is -2.58. The average molecular weight is 527 g/mol. The third-order valence-corrected chi connectivity index (χ3v) is 10.1. The molecule has 5 atom stereocenters. The molecule has 3 heterocycles. The number of aryl methyl sites for hydroxylation is 2. The zero-order valence-corrected chi connectivity index (χ0v) is 22.9. The molecule has 37 heavy (non-hydrogen) atoms. The van der Waals surface area contributed by atoms with E-state index < -0.39 is 27.4 Å². The molecule has 8 heteroatoms. The molecule has 2 amide bonds. The van der Waals surface area contributed by atoms with E-state index in [4.69, 9.17) is 4.74 Å². The molecule has 2 unspecified atom stereocenters. The average Bonchev–Trinajstić information content (AvgIpc) is 3.43. The van der Waals surface area contributed by atoms with Gasteiger partial charge in [0.1, 0.15) is 6.04 Å². The summed E-state index contributed by atoms with van der Waals surface area (Å²) in [5, 5.41) is 9.86. The molecule has 3 aliphatic rings. The highest BCUT2D eigenvalue weighted by Gasteiger charge is 2.77. The summed E-state index contributed by atoms with van der Waals surface area (Å²) >= 11 is 1.61. The van der Waals surface area contributed by atoms with Crippen molar-refractivity contribution >= 4 is 35.2 Å². The third-order valence-electron chi connectivity index (χ3n) is 8.14. The Morgan fingerprint density at radius 3 is 2.70 bits per heavy atom. The van der Waals surface area contributed by atoms with E-state index in [2.05, 4.69) is 13.2 Å². The molecular formula is C29H38N2O5S. The van der Waals surface area contributed by atoms with Crippen molar-refractivity contribution in [3.63, 3.8) is 0 Å². The first-order chi connectivity index (χ1) is 17.6. The molecule has 3 aliphatic heterocycles. The predicted molar refractivity (Wildman–Crippen MR) is 146 cm³/mol. The number of allylic oxidation sites excluding steroid dienone is 1. The van der Waals surface area contributed by atoms with Gasteiger partial charge in [-0.25, -0.2) is 0 Å². The molecule has 3 fully saturated rings. The maximum Gasteiger partial charge on any atom is 0.311 e. The SMILES string of the molecule is C=CCCCOC(=O)[C@@H]1[C@H]2C(=O)N(CCO)C(C(=O)N(CC=C)c3cc(C)ccc3C)C23CC[C@@]1(C)S3. The minimum absolute atomic E-state index is 0.0423.